The third kappa shape index (κ3) is 65.7. The number of ether oxygens (including phenoxy) is 1. The number of carbonyl (C=O) groups excluding carboxylic acids is 2. The minimum Gasteiger partial charge on any atom is -0.466 e. The van der Waals surface area contributed by atoms with E-state index in [1.807, 2.05) is 0 Å². The molecule has 3 N–H and O–H groups in total. The fourth-order valence-electron chi connectivity index (χ4n) is 11.9. The highest BCUT2D eigenvalue weighted by Gasteiger charge is 2.20. The number of aliphatic hydroxyl groups is 2. The number of carbonyl (C=O) groups is 2. The fraction of sp³-hybridized carbons (Fsp3) is 0.946. The summed E-state index contributed by atoms with van der Waals surface area (Å²) in [5.41, 5.74) is 0. The van der Waals surface area contributed by atoms with Gasteiger partial charge in [-0.3, -0.25) is 9.59 Å². The maximum absolute atomic E-state index is 12.5. The van der Waals surface area contributed by atoms with Crippen LogP contribution in [0.25, 0.3) is 0 Å². The number of hydrogen-bond donors (Lipinski definition) is 3. The van der Waals surface area contributed by atoms with Crippen LogP contribution < -0.4 is 5.32 Å². The Hall–Kier alpha value is -1.40. The van der Waals surface area contributed by atoms with E-state index in [1.165, 1.54) is 353 Å². The van der Waals surface area contributed by atoms with Crippen LogP contribution in [0.3, 0.4) is 0 Å². The molecular formula is C74H145NO5. The van der Waals surface area contributed by atoms with Crippen molar-refractivity contribution in [2.75, 3.05) is 13.2 Å². The summed E-state index contributed by atoms with van der Waals surface area (Å²) >= 11 is 0. The number of aliphatic hydroxyl groups excluding tert-OH is 2. The number of hydrogen-bond acceptors (Lipinski definition) is 5. The van der Waals surface area contributed by atoms with Crippen LogP contribution in [0.5, 0.6) is 0 Å². The first kappa shape index (κ1) is 78.6. The van der Waals surface area contributed by atoms with Crippen molar-refractivity contribution < 1.29 is 24.5 Å². The van der Waals surface area contributed by atoms with Gasteiger partial charge >= 0.3 is 5.97 Å². The summed E-state index contributed by atoms with van der Waals surface area (Å²) in [6.45, 7) is 4.98. The second-order valence-corrected chi connectivity index (χ2v) is 25.6. The summed E-state index contributed by atoms with van der Waals surface area (Å²) in [5, 5.41) is 23.3. The van der Waals surface area contributed by atoms with Crippen molar-refractivity contribution in [3.63, 3.8) is 0 Å². The van der Waals surface area contributed by atoms with Crippen molar-refractivity contribution in [2.45, 2.75) is 437 Å². The standard InChI is InChI=1S/C74H145NO5/c1-3-5-7-9-11-13-15-17-18-19-34-38-41-44-48-52-56-60-64-68-74(79)80-69-65-61-57-53-49-45-42-39-36-33-31-29-27-25-23-21-20-22-24-26-28-30-32-35-37-40-43-47-51-55-59-63-67-73(78)75-71(70-76)72(77)66-62-58-54-50-46-16-14-12-10-8-6-4-2/h17-18,71-72,76-77H,3-16,19-70H2,1-2H3,(H,75,78)/b18-17-. The van der Waals surface area contributed by atoms with Crippen molar-refractivity contribution in [2.24, 2.45) is 0 Å². The molecule has 0 saturated heterocycles. The molecule has 2 atom stereocenters. The molecule has 0 aliphatic heterocycles. The van der Waals surface area contributed by atoms with E-state index in [-0.39, 0.29) is 18.5 Å². The van der Waals surface area contributed by atoms with Crippen molar-refractivity contribution >= 4 is 11.9 Å². The summed E-state index contributed by atoms with van der Waals surface area (Å²) in [4.78, 5) is 24.6. The summed E-state index contributed by atoms with van der Waals surface area (Å²) in [6.07, 6.45) is 87.2. The average Bonchev–Trinajstić information content (AvgIpc) is 3.46. The second kappa shape index (κ2) is 70.1. The number of esters is 1. The number of rotatable bonds is 70. The zero-order valence-corrected chi connectivity index (χ0v) is 54.6. The molecule has 0 aliphatic carbocycles. The molecule has 6 heteroatoms. The summed E-state index contributed by atoms with van der Waals surface area (Å²) in [6, 6.07) is -0.536. The first-order chi connectivity index (χ1) is 39.5. The van der Waals surface area contributed by atoms with Crippen molar-refractivity contribution in [1.82, 2.24) is 5.32 Å². The van der Waals surface area contributed by atoms with Crippen molar-refractivity contribution in [3.05, 3.63) is 12.2 Å². The Morgan fingerprint density at radius 3 is 0.887 bits per heavy atom. The van der Waals surface area contributed by atoms with E-state index in [0.717, 1.165) is 38.5 Å². The molecule has 6 nitrogen and oxygen atoms in total. The molecule has 0 aromatic rings. The molecule has 0 aromatic carbocycles. The summed E-state index contributed by atoms with van der Waals surface area (Å²) in [5.74, 6) is -0.00653. The summed E-state index contributed by atoms with van der Waals surface area (Å²) in [7, 11) is 0. The molecule has 1 amide bonds. The van der Waals surface area contributed by atoms with Crippen LogP contribution in [-0.4, -0.2) is 47.4 Å². The van der Waals surface area contributed by atoms with Crippen LogP contribution in [0.2, 0.25) is 0 Å². The van der Waals surface area contributed by atoms with Gasteiger partial charge in [0.2, 0.25) is 5.91 Å². The normalized spacial score (nSPS) is 12.5. The van der Waals surface area contributed by atoms with E-state index in [4.69, 9.17) is 4.74 Å². The lowest BCUT2D eigenvalue weighted by Gasteiger charge is -2.22. The lowest BCUT2D eigenvalue weighted by Crippen LogP contribution is -2.45. The summed E-state index contributed by atoms with van der Waals surface area (Å²) < 4.78 is 5.52. The van der Waals surface area contributed by atoms with Gasteiger partial charge < -0.3 is 20.3 Å². The molecule has 0 bridgehead atoms. The van der Waals surface area contributed by atoms with Gasteiger partial charge in [-0.05, 0) is 51.4 Å². The van der Waals surface area contributed by atoms with Gasteiger partial charge in [0.05, 0.1) is 25.4 Å². The Balaban J connectivity index is 3.28. The van der Waals surface area contributed by atoms with Crippen LogP contribution in [0.4, 0.5) is 0 Å². The quantitative estimate of drug-likeness (QED) is 0.0320. The topological polar surface area (TPSA) is 95.9 Å². The van der Waals surface area contributed by atoms with E-state index in [0.29, 0.717) is 25.9 Å². The SMILES string of the molecule is CCCCCCCC/C=C\CCCCCCCCCCCC(=O)OCCCCCCCCCCCCCCCCCCCCCCCCCCCCCCCCCCC(=O)NC(CO)C(O)CCCCCCCCCCCCCC. The molecule has 0 aliphatic rings. The lowest BCUT2D eigenvalue weighted by atomic mass is 10.0. The van der Waals surface area contributed by atoms with Gasteiger partial charge in [0.1, 0.15) is 0 Å². The van der Waals surface area contributed by atoms with E-state index < -0.39 is 12.1 Å². The van der Waals surface area contributed by atoms with E-state index in [2.05, 4.69) is 31.3 Å². The van der Waals surface area contributed by atoms with Gasteiger partial charge in [-0.25, -0.2) is 0 Å². The lowest BCUT2D eigenvalue weighted by molar-refractivity contribution is -0.143. The third-order valence-electron chi connectivity index (χ3n) is 17.6. The molecule has 0 saturated carbocycles. The molecule has 0 aromatic heterocycles. The Morgan fingerprint density at radius 1 is 0.338 bits per heavy atom. The van der Waals surface area contributed by atoms with Crippen molar-refractivity contribution in [3.8, 4) is 0 Å². The van der Waals surface area contributed by atoms with E-state index in [1.54, 1.807) is 0 Å². The predicted octanol–water partition coefficient (Wildman–Crippen LogP) is 23.9. The van der Waals surface area contributed by atoms with Gasteiger partial charge in [0.15, 0.2) is 0 Å². The smallest absolute Gasteiger partial charge is 0.305 e. The zero-order valence-electron chi connectivity index (χ0n) is 54.6. The highest BCUT2D eigenvalue weighted by atomic mass is 16.5. The van der Waals surface area contributed by atoms with Gasteiger partial charge in [0, 0.05) is 12.8 Å². The Morgan fingerprint density at radius 2 is 0.588 bits per heavy atom. The molecule has 2 unspecified atom stereocenters. The maximum atomic E-state index is 12.5. The third-order valence-corrected chi connectivity index (χ3v) is 17.6. The maximum Gasteiger partial charge on any atom is 0.305 e. The minimum absolute atomic E-state index is 0.0218. The van der Waals surface area contributed by atoms with Crippen LogP contribution >= 0.6 is 0 Å². The van der Waals surface area contributed by atoms with Gasteiger partial charge in [-0.1, -0.05) is 373 Å². The van der Waals surface area contributed by atoms with Gasteiger partial charge in [-0.15, -0.1) is 0 Å². The number of unbranched alkanes of at least 4 members (excludes halogenated alkanes) is 57. The predicted molar refractivity (Wildman–Crippen MR) is 352 cm³/mol. The van der Waals surface area contributed by atoms with E-state index in [9.17, 15) is 19.8 Å². The number of amides is 1. The molecule has 0 radical (unpaired) electrons. The molecule has 80 heavy (non-hydrogen) atoms. The highest BCUT2D eigenvalue weighted by molar-refractivity contribution is 5.76. The Bertz CT molecular complexity index is 1210. The Kier molecular flexibility index (Phi) is 68.9. The molecule has 0 spiro atoms. The van der Waals surface area contributed by atoms with Crippen LogP contribution in [0, 0.1) is 0 Å². The number of nitrogens with one attached hydrogen (secondary N) is 1. The van der Waals surface area contributed by atoms with Crippen molar-refractivity contribution in [1.29, 1.82) is 0 Å². The van der Waals surface area contributed by atoms with Gasteiger partial charge in [-0.2, -0.15) is 0 Å². The first-order valence-corrected chi connectivity index (χ1v) is 36.9. The molecule has 0 rings (SSSR count). The number of allylic oxidation sites excluding steroid dienone is 2. The zero-order chi connectivity index (χ0) is 57.8. The van der Waals surface area contributed by atoms with Crippen LogP contribution in [-0.2, 0) is 14.3 Å². The van der Waals surface area contributed by atoms with Crippen LogP contribution in [0.1, 0.15) is 425 Å². The Labute approximate surface area is 501 Å². The molecule has 0 fully saturated rings. The highest BCUT2D eigenvalue weighted by Crippen LogP contribution is 2.20. The minimum atomic E-state index is -0.659. The first-order valence-electron chi connectivity index (χ1n) is 36.9. The fourth-order valence-corrected chi connectivity index (χ4v) is 11.9. The van der Waals surface area contributed by atoms with Crippen LogP contribution in [0.15, 0.2) is 12.2 Å². The molecule has 0 heterocycles. The monoisotopic (exact) mass is 1130 g/mol. The molecule has 476 valence electrons. The largest absolute Gasteiger partial charge is 0.466 e. The van der Waals surface area contributed by atoms with Gasteiger partial charge in [0.25, 0.3) is 0 Å². The second-order valence-electron chi connectivity index (χ2n) is 25.6. The molecular weight excluding hydrogens is 983 g/mol. The average molecular weight is 1130 g/mol. The van der Waals surface area contributed by atoms with E-state index >= 15 is 0 Å².